The highest BCUT2D eigenvalue weighted by molar-refractivity contribution is 9.10. The minimum atomic E-state index is -0.144. The summed E-state index contributed by atoms with van der Waals surface area (Å²) in [6.45, 7) is 0.741. The summed E-state index contributed by atoms with van der Waals surface area (Å²) in [5, 5.41) is 13.4. The van der Waals surface area contributed by atoms with Gasteiger partial charge in [-0.05, 0) is 54.9 Å². The third-order valence-corrected chi connectivity index (χ3v) is 4.42. The summed E-state index contributed by atoms with van der Waals surface area (Å²) in [6.07, 6.45) is 4.57. The summed E-state index contributed by atoms with van der Waals surface area (Å²) in [5.74, 6) is 0.563. The number of nitrogens with one attached hydrogen (secondary N) is 1. The SMILES string of the molecule is OC(CNC1CCc2cc(Br)ccc21)C1CC1. The molecular weight excluding hydrogens is 278 g/mol. The molecule has 2 N–H and O–H groups in total. The lowest BCUT2D eigenvalue weighted by atomic mass is 10.1. The molecule has 2 aliphatic carbocycles. The van der Waals surface area contributed by atoms with Crippen LogP contribution in [0.15, 0.2) is 22.7 Å². The molecule has 1 aromatic rings. The molecule has 0 aromatic heterocycles. The summed E-state index contributed by atoms with van der Waals surface area (Å²) in [6, 6.07) is 6.96. The molecular formula is C14H18BrNO. The van der Waals surface area contributed by atoms with Gasteiger partial charge in [-0.25, -0.2) is 0 Å². The third kappa shape index (κ3) is 2.56. The molecule has 1 fully saturated rings. The van der Waals surface area contributed by atoms with Gasteiger partial charge in [0.1, 0.15) is 0 Å². The van der Waals surface area contributed by atoms with Crippen molar-refractivity contribution in [2.24, 2.45) is 5.92 Å². The Morgan fingerprint density at radius 1 is 1.35 bits per heavy atom. The van der Waals surface area contributed by atoms with E-state index in [4.69, 9.17) is 0 Å². The third-order valence-electron chi connectivity index (χ3n) is 3.92. The quantitative estimate of drug-likeness (QED) is 0.895. The van der Waals surface area contributed by atoms with E-state index in [0.717, 1.165) is 23.9 Å². The second kappa shape index (κ2) is 4.71. The predicted molar refractivity (Wildman–Crippen MR) is 71.9 cm³/mol. The van der Waals surface area contributed by atoms with Crippen LogP contribution in [0.4, 0.5) is 0 Å². The number of hydrogen-bond donors (Lipinski definition) is 2. The first kappa shape index (κ1) is 11.7. The zero-order valence-electron chi connectivity index (χ0n) is 9.82. The number of benzene rings is 1. The molecule has 3 heteroatoms. The van der Waals surface area contributed by atoms with Crippen molar-refractivity contribution in [1.29, 1.82) is 0 Å². The van der Waals surface area contributed by atoms with E-state index in [1.54, 1.807) is 0 Å². The van der Waals surface area contributed by atoms with Crippen LogP contribution >= 0.6 is 15.9 Å². The fourth-order valence-corrected chi connectivity index (χ4v) is 3.12. The topological polar surface area (TPSA) is 32.3 Å². The highest BCUT2D eigenvalue weighted by Crippen LogP contribution is 2.35. The minimum absolute atomic E-state index is 0.144. The van der Waals surface area contributed by atoms with Gasteiger partial charge in [0.05, 0.1) is 6.10 Å². The van der Waals surface area contributed by atoms with Crippen molar-refractivity contribution >= 4 is 15.9 Å². The van der Waals surface area contributed by atoms with Crippen LogP contribution in [0.1, 0.15) is 36.4 Å². The molecule has 0 amide bonds. The molecule has 2 unspecified atom stereocenters. The summed E-state index contributed by atoms with van der Waals surface area (Å²) < 4.78 is 1.16. The Morgan fingerprint density at radius 2 is 2.18 bits per heavy atom. The standard InChI is InChI=1S/C14H18BrNO/c15-11-4-5-12-10(7-11)3-6-13(12)16-8-14(17)9-1-2-9/h4-5,7,9,13-14,16-17H,1-3,6,8H2. The van der Waals surface area contributed by atoms with Crippen LogP contribution in [0.3, 0.4) is 0 Å². The van der Waals surface area contributed by atoms with Crippen LogP contribution in [0.5, 0.6) is 0 Å². The van der Waals surface area contributed by atoms with E-state index in [1.165, 1.54) is 24.0 Å². The minimum Gasteiger partial charge on any atom is -0.392 e. The molecule has 3 rings (SSSR count). The average Bonchev–Trinajstić information content (AvgIpc) is 3.08. The molecule has 92 valence electrons. The van der Waals surface area contributed by atoms with Crippen molar-refractivity contribution in [3.05, 3.63) is 33.8 Å². The summed E-state index contributed by atoms with van der Waals surface area (Å²) in [7, 11) is 0. The Morgan fingerprint density at radius 3 is 2.94 bits per heavy atom. The Kier molecular flexibility index (Phi) is 3.24. The average molecular weight is 296 g/mol. The summed E-state index contributed by atoms with van der Waals surface area (Å²) in [4.78, 5) is 0. The predicted octanol–water partition coefficient (Wildman–Crippen LogP) is 2.80. The number of halogens is 1. The second-order valence-electron chi connectivity index (χ2n) is 5.25. The van der Waals surface area contributed by atoms with E-state index < -0.39 is 0 Å². The number of fused-ring (bicyclic) bond motifs is 1. The zero-order chi connectivity index (χ0) is 11.8. The van der Waals surface area contributed by atoms with Gasteiger partial charge in [0, 0.05) is 17.1 Å². The lowest BCUT2D eigenvalue weighted by molar-refractivity contribution is 0.144. The molecule has 0 bridgehead atoms. The monoisotopic (exact) mass is 295 g/mol. The van der Waals surface area contributed by atoms with Crippen LogP contribution in [0.25, 0.3) is 0 Å². The van der Waals surface area contributed by atoms with Crippen molar-refractivity contribution in [2.75, 3.05) is 6.54 Å². The number of rotatable bonds is 4. The zero-order valence-corrected chi connectivity index (χ0v) is 11.4. The van der Waals surface area contributed by atoms with E-state index in [1.807, 2.05) is 0 Å². The van der Waals surface area contributed by atoms with Gasteiger partial charge in [0.25, 0.3) is 0 Å². The normalized spacial score (nSPS) is 24.7. The van der Waals surface area contributed by atoms with Crippen molar-refractivity contribution in [3.8, 4) is 0 Å². The lowest BCUT2D eigenvalue weighted by Gasteiger charge is -2.17. The molecule has 0 spiro atoms. The van der Waals surface area contributed by atoms with E-state index in [0.29, 0.717) is 12.0 Å². The van der Waals surface area contributed by atoms with Gasteiger partial charge in [0.15, 0.2) is 0 Å². The van der Waals surface area contributed by atoms with Crippen molar-refractivity contribution in [2.45, 2.75) is 37.8 Å². The highest BCUT2D eigenvalue weighted by Gasteiger charge is 2.30. The maximum Gasteiger partial charge on any atom is 0.0692 e. The van der Waals surface area contributed by atoms with E-state index in [9.17, 15) is 5.11 Å². The molecule has 2 atom stereocenters. The number of hydrogen-bond acceptors (Lipinski definition) is 2. The molecule has 2 nitrogen and oxygen atoms in total. The molecule has 0 aliphatic heterocycles. The van der Waals surface area contributed by atoms with Gasteiger partial charge in [-0.2, -0.15) is 0 Å². The first-order chi connectivity index (χ1) is 8.24. The van der Waals surface area contributed by atoms with Gasteiger partial charge in [0.2, 0.25) is 0 Å². The Balaban J connectivity index is 1.62. The first-order valence-corrected chi connectivity index (χ1v) is 7.23. The number of aliphatic hydroxyl groups excluding tert-OH is 1. The summed E-state index contributed by atoms with van der Waals surface area (Å²) >= 11 is 3.51. The second-order valence-corrected chi connectivity index (χ2v) is 6.16. The van der Waals surface area contributed by atoms with Crippen LogP contribution in [-0.2, 0) is 6.42 Å². The smallest absolute Gasteiger partial charge is 0.0692 e. The fraction of sp³-hybridized carbons (Fsp3) is 0.571. The van der Waals surface area contributed by atoms with Gasteiger partial charge >= 0.3 is 0 Å². The summed E-state index contributed by atoms with van der Waals surface area (Å²) in [5.41, 5.74) is 2.86. The molecule has 17 heavy (non-hydrogen) atoms. The highest BCUT2D eigenvalue weighted by atomic mass is 79.9. The Bertz CT molecular complexity index is 417. The van der Waals surface area contributed by atoms with E-state index in [-0.39, 0.29) is 6.10 Å². The molecule has 0 heterocycles. The maximum atomic E-state index is 9.87. The lowest BCUT2D eigenvalue weighted by Crippen LogP contribution is -2.30. The first-order valence-electron chi connectivity index (χ1n) is 6.44. The van der Waals surface area contributed by atoms with Crippen LogP contribution < -0.4 is 5.32 Å². The number of aliphatic hydroxyl groups is 1. The van der Waals surface area contributed by atoms with Gasteiger partial charge in [-0.1, -0.05) is 22.0 Å². The Hall–Kier alpha value is -0.380. The van der Waals surface area contributed by atoms with Crippen LogP contribution in [0.2, 0.25) is 0 Å². The molecule has 0 radical (unpaired) electrons. The van der Waals surface area contributed by atoms with Gasteiger partial charge in [-0.3, -0.25) is 0 Å². The van der Waals surface area contributed by atoms with E-state index in [2.05, 4.69) is 39.4 Å². The van der Waals surface area contributed by atoms with Crippen molar-refractivity contribution in [3.63, 3.8) is 0 Å². The Labute approximate surface area is 111 Å². The maximum absolute atomic E-state index is 9.87. The number of aryl methyl sites for hydroxylation is 1. The van der Waals surface area contributed by atoms with Gasteiger partial charge < -0.3 is 10.4 Å². The molecule has 1 aromatic carbocycles. The van der Waals surface area contributed by atoms with Gasteiger partial charge in [-0.15, -0.1) is 0 Å². The van der Waals surface area contributed by atoms with E-state index >= 15 is 0 Å². The molecule has 2 aliphatic rings. The van der Waals surface area contributed by atoms with Crippen molar-refractivity contribution < 1.29 is 5.11 Å². The van der Waals surface area contributed by atoms with Crippen LogP contribution in [0, 0.1) is 5.92 Å². The largest absolute Gasteiger partial charge is 0.392 e. The van der Waals surface area contributed by atoms with Crippen molar-refractivity contribution in [1.82, 2.24) is 5.32 Å². The fourth-order valence-electron chi connectivity index (χ4n) is 2.71. The molecule has 0 saturated heterocycles. The van der Waals surface area contributed by atoms with Crippen LogP contribution in [-0.4, -0.2) is 17.8 Å². The molecule has 1 saturated carbocycles.